The van der Waals surface area contributed by atoms with Crippen molar-refractivity contribution in [2.75, 3.05) is 6.54 Å². The van der Waals surface area contributed by atoms with Gasteiger partial charge in [0.25, 0.3) is 0 Å². The van der Waals surface area contributed by atoms with Crippen LogP contribution in [0.5, 0.6) is 5.75 Å². The van der Waals surface area contributed by atoms with Gasteiger partial charge >= 0.3 is 0 Å². The first-order valence-electron chi connectivity index (χ1n) is 9.60. The Kier molecular flexibility index (Phi) is 5.55. The van der Waals surface area contributed by atoms with Crippen molar-refractivity contribution in [3.63, 3.8) is 0 Å². The van der Waals surface area contributed by atoms with Crippen LogP contribution in [0.3, 0.4) is 0 Å². The van der Waals surface area contributed by atoms with Crippen LogP contribution >= 0.6 is 0 Å². The Morgan fingerprint density at radius 3 is 1.96 bits per heavy atom. The summed E-state index contributed by atoms with van der Waals surface area (Å²) in [4.78, 5) is 26.6. The summed E-state index contributed by atoms with van der Waals surface area (Å²) in [7, 11) is 0. The van der Waals surface area contributed by atoms with E-state index in [0.717, 1.165) is 29.5 Å². The molecule has 4 nitrogen and oxygen atoms in total. The lowest BCUT2D eigenvalue weighted by Gasteiger charge is -2.29. The Morgan fingerprint density at radius 2 is 1.54 bits per heavy atom. The lowest BCUT2D eigenvalue weighted by Crippen LogP contribution is -2.31. The number of nitrogens with zero attached hydrogens (tertiary/aromatic N) is 1. The topological polar surface area (TPSA) is 57.6 Å². The second-order valence-electron chi connectivity index (χ2n) is 9.46. The molecule has 0 saturated carbocycles. The summed E-state index contributed by atoms with van der Waals surface area (Å²) in [6.07, 6.45) is 2.00. The molecule has 0 bridgehead atoms. The molecule has 1 saturated heterocycles. The molecule has 1 aromatic carbocycles. The minimum atomic E-state index is -0.442. The van der Waals surface area contributed by atoms with Gasteiger partial charge in [0.05, 0.1) is 5.92 Å². The Bertz CT molecular complexity index is 672. The van der Waals surface area contributed by atoms with Crippen molar-refractivity contribution >= 4 is 11.8 Å². The number of phenols is 1. The number of likely N-dealkylation sites (tertiary alicyclic amines) is 1. The zero-order chi connectivity index (χ0) is 19.9. The molecule has 1 aliphatic heterocycles. The first kappa shape index (κ1) is 20.5. The maximum absolute atomic E-state index is 12.9. The molecule has 1 unspecified atom stereocenters. The van der Waals surface area contributed by atoms with Crippen LogP contribution in [0.4, 0.5) is 0 Å². The van der Waals surface area contributed by atoms with Gasteiger partial charge < -0.3 is 5.11 Å². The van der Waals surface area contributed by atoms with E-state index >= 15 is 0 Å². The van der Waals surface area contributed by atoms with Gasteiger partial charge in [-0.1, -0.05) is 67.0 Å². The lowest BCUT2D eigenvalue weighted by atomic mass is 9.77. The first-order valence-corrected chi connectivity index (χ1v) is 9.60. The molecule has 4 heteroatoms. The minimum Gasteiger partial charge on any atom is -0.507 e. The summed E-state index contributed by atoms with van der Waals surface area (Å²) < 4.78 is 0. The fourth-order valence-electron chi connectivity index (χ4n) is 3.50. The van der Waals surface area contributed by atoms with Crippen molar-refractivity contribution in [1.29, 1.82) is 0 Å². The molecule has 1 atom stereocenters. The summed E-state index contributed by atoms with van der Waals surface area (Å²) in [5.74, 6) is -0.333. The summed E-state index contributed by atoms with van der Waals surface area (Å²) >= 11 is 0. The van der Waals surface area contributed by atoms with Crippen LogP contribution in [0.2, 0.25) is 0 Å². The van der Waals surface area contributed by atoms with Gasteiger partial charge in [0.15, 0.2) is 0 Å². The molecule has 1 N–H and O–H groups in total. The van der Waals surface area contributed by atoms with Crippen molar-refractivity contribution in [1.82, 2.24) is 4.90 Å². The summed E-state index contributed by atoms with van der Waals surface area (Å²) in [5, 5.41) is 10.9. The van der Waals surface area contributed by atoms with Gasteiger partial charge in [0.2, 0.25) is 11.8 Å². The smallest absolute Gasteiger partial charge is 0.237 e. The molecule has 0 spiro atoms. The van der Waals surface area contributed by atoms with Gasteiger partial charge in [-0.3, -0.25) is 14.5 Å². The third kappa shape index (κ3) is 3.94. The fourth-order valence-corrected chi connectivity index (χ4v) is 3.50. The quantitative estimate of drug-likeness (QED) is 0.798. The molecule has 1 aromatic rings. The van der Waals surface area contributed by atoms with Crippen molar-refractivity contribution in [2.24, 2.45) is 0 Å². The molecule has 1 aliphatic rings. The second kappa shape index (κ2) is 7.05. The maximum Gasteiger partial charge on any atom is 0.237 e. The summed E-state index contributed by atoms with van der Waals surface area (Å²) in [5.41, 5.74) is 1.98. The zero-order valence-corrected chi connectivity index (χ0v) is 17.3. The SMILES string of the molecule is CCCCN1C(=O)CC(c2cc(C(C)(C)C)c(O)c(C(C)(C)C)c2)C1=O. The molecule has 144 valence electrons. The molecular weight excluding hydrogens is 326 g/mol. The highest BCUT2D eigenvalue weighted by molar-refractivity contribution is 6.06. The predicted octanol–water partition coefficient (Wildman–Crippen LogP) is 4.63. The van der Waals surface area contributed by atoms with Gasteiger partial charge in [-0.25, -0.2) is 0 Å². The van der Waals surface area contributed by atoms with Crippen LogP contribution in [0, 0.1) is 0 Å². The first-order chi connectivity index (χ1) is 11.9. The normalized spacial score (nSPS) is 18.7. The van der Waals surface area contributed by atoms with Crippen LogP contribution in [0.15, 0.2) is 12.1 Å². The number of phenolic OH excluding ortho intramolecular Hbond substituents is 1. The van der Waals surface area contributed by atoms with E-state index in [4.69, 9.17) is 0 Å². The van der Waals surface area contributed by atoms with Crippen LogP contribution in [-0.4, -0.2) is 28.4 Å². The van der Waals surface area contributed by atoms with Crippen LogP contribution in [0.25, 0.3) is 0 Å². The number of unbranched alkanes of at least 4 members (excludes halogenated alkanes) is 1. The maximum atomic E-state index is 12.9. The number of hydrogen-bond donors (Lipinski definition) is 1. The summed E-state index contributed by atoms with van der Waals surface area (Å²) in [6, 6.07) is 3.84. The predicted molar refractivity (Wildman–Crippen MR) is 104 cm³/mol. The Hall–Kier alpha value is -1.84. The highest BCUT2D eigenvalue weighted by Gasteiger charge is 2.40. The van der Waals surface area contributed by atoms with Gasteiger partial charge in [0.1, 0.15) is 5.75 Å². The van der Waals surface area contributed by atoms with Crippen LogP contribution in [-0.2, 0) is 20.4 Å². The molecule has 0 radical (unpaired) electrons. The zero-order valence-electron chi connectivity index (χ0n) is 17.3. The Morgan fingerprint density at radius 1 is 1.04 bits per heavy atom. The van der Waals surface area contributed by atoms with E-state index in [1.807, 2.05) is 60.6 Å². The molecule has 2 rings (SSSR count). The Balaban J connectivity index is 2.53. The number of carbonyl (C=O) groups is 2. The van der Waals surface area contributed by atoms with E-state index in [-0.39, 0.29) is 29.1 Å². The van der Waals surface area contributed by atoms with Crippen molar-refractivity contribution in [3.8, 4) is 5.75 Å². The molecule has 1 fully saturated rings. The Labute approximate surface area is 157 Å². The number of aromatic hydroxyl groups is 1. The number of carbonyl (C=O) groups excluding carboxylic acids is 2. The fraction of sp³-hybridized carbons (Fsp3) is 0.636. The highest BCUT2D eigenvalue weighted by atomic mass is 16.3. The van der Waals surface area contributed by atoms with Crippen molar-refractivity contribution < 1.29 is 14.7 Å². The van der Waals surface area contributed by atoms with Gasteiger partial charge in [-0.2, -0.15) is 0 Å². The van der Waals surface area contributed by atoms with Crippen molar-refractivity contribution in [2.45, 2.75) is 84.5 Å². The average molecular weight is 360 g/mol. The average Bonchev–Trinajstić information content (AvgIpc) is 2.78. The number of imide groups is 1. The van der Waals surface area contributed by atoms with Gasteiger partial charge in [0, 0.05) is 13.0 Å². The third-order valence-electron chi connectivity index (χ3n) is 5.13. The van der Waals surface area contributed by atoms with E-state index in [9.17, 15) is 14.7 Å². The number of rotatable bonds is 4. The number of hydrogen-bond acceptors (Lipinski definition) is 3. The van der Waals surface area contributed by atoms with Crippen molar-refractivity contribution in [3.05, 3.63) is 28.8 Å². The van der Waals surface area contributed by atoms with Gasteiger partial charge in [-0.15, -0.1) is 0 Å². The molecular formula is C22H33NO3. The molecule has 0 aromatic heterocycles. The molecule has 0 aliphatic carbocycles. The van der Waals surface area contributed by atoms with Gasteiger partial charge in [-0.05, 0) is 33.9 Å². The number of amides is 2. The molecule has 2 amide bonds. The lowest BCUT2D eigenvalue weighted by molar-refractivity contribution is -0.138. The van der Waals surface area contributed by atoms with E-state index < -0.39 is 5.92 Å². The second-order valence-corrected chi connectivity index (χ2v) is 9.46. The monoisotopic (exact) mass is 359 g/mol. The third-order valence-corrected chi connectivity index (χ3v) is 5.13. The highest BCUT2D eigenvalue weighted by Crippen LogP contribution is 2.42. The van der Waals surface area contributed by atoms with Crippen LogP contribution in [0.1, 0.15) is 90.3 Å². The minimum absolute atomic E-state index is 0.0869. The largest absolute Gasteiger partial charge is 0.507 e. The molecule has 1 heterocycles. The van der Waals surface area contributed by atoms with E-state index in [2.05, 4.69) is 0 Å². The molecule has 26 heavy (non-hydrogen) atoms. The van der Waals surface area contributed by atoms with Crippen LogP contribution < -0.4 is 0 Å². The van der Waals surface area contributed by atoms with E-state index in [1.165, 1.54) is 4.90 Å². The standard InChI is InChI=1S/C22H33NO3/c1-8-9-10-23-18(24)13-15(20(23)26)14-11-16(21(2,3)4)19(25)17(12-14)22(5,6)7/h11-12,15,25H,8-10,13H2,1-7H3. The summed E-state index contributed by atoms with van der Waals surface area (Å²) in [6.45, 7) is 14.8. The van der Waals surface area contributed by atoms with E-state index in [1.54, 1.807) is 0 Å². The number of benzene rings is 1. The van der Waals surface area contributed by atoms with E-state index in [0.29, 0.717) is 12.3 Å².